The van der Waals surface area contributed by atoms with E-state index in [1.165, 1.54) is 0 Å². The molecule has 130 valence electrons. The Bertz CT molecular complexity index is 776. The van der Waals surface area contributed by atoms with Crippen LogP contribution in [0.3, 0.4) is 0 Å². The molecule has 0 radical (unpaired) electrons. The molecule has 1 aliphatic rings. The molecule has 0 unspecified atom stereocenters. The maximum absolute atomic E-state index is 12.7. The van der Waals surface area contributed by atoms with E-state index in [1.807, 2.05) is 75.4 Å². The Morgan fingerprint density at radius 2 is 1.72 bits per heavy atom. The summed E-state index contributed by atoms with van der Waals surface area (Å²) in [6, 6.07) is 17.1. The molecule has 0 fully saturated rings. The summed E-state index contributed by atoms with van der Waals surface area (Å²) >= 11 is 5.98. The molecule has 0 amide bonds. The molecular weight excluding hydrogens is 334 g/mol. The second kappa shape index (κ2) is 7.01. The van der Waals surface area contributed by atoms with Gasteiger partial charge in [0.1, 0.15) is 5.60 Å². The zero-order chi connectivity index (χ0) is 18.0. The molecule has 1 heterocycles. The van der Waals surface area contributed by atoms with Crippen molar-refractivity contribution in [3.8, 4) is 0 Å². The van der Waals surface area contributed by atoms with Crippen LogP contribution in [-0.2, 0) is 9.53 Å². The van der Waals surface area contributed by atoms with Crippen LogP contribution in [0.25, 0.3) is 0 Å². The van der Waals surface area contributed by atoms with E-state index in [2.05, 4.69) is 0 Å². The fourth-order valence-electron chi connectivity index (χ4n) is 3.04. The van der Waals surface area contributed by atoms with Crippen LogP contribution in [0.15, 0.2) is 59.6 Å². The molecule has 3 nitrogen and oxygen atoms in total. The van der Waals surface area contributed by atoms with Crippen LogP contribution in [-0.4, -0.2) is 23.3 Å². The molecule has 0 aromatic heterocycles. The normalized spacial score (nSPS) is 20.2. The standard InChI is InChI=1S/C21H22ClNO2/c1-21(2,3)25-20(24)19-17(14-7-5-4-6-8-14)13-18(23-19)15-9-11-16(22)12-10-15/h4-12,17,19H,13H2,1-3H3/t17-,19+/m1/s1. The minimum atomic E-state index is -0.531. The quantitative estimate of drug-likeness (QED) is 0.724. The first-order chi connectivity index (χ1) is 11.8. The molecule has 0 N–H and O–H groups in total. The van der Waals surface area contributed by atoms with Gasteiger partial charge >= 0.3 is 5.97 Å². The first-order valence-electron chi connectivity index (χ1n) is 8.44. The second-order valence-corrected chi connectivity index (χ2v) is 7.72. The van der Waals surface area contributed by atoms with Crippen molar-refractivity contribution in [1.82, 2.24) is 0 Å². The van der Waals surface area contributed by atoms with E-state index >= 15 is 0 Å². The van der Waals surface area contributed by atoms with Gasteiger partial charge in [-0.2, -0.15) is 0 Å². The van der Waals surface area contributed by atoms with E-state index in [9.17, 15) is 4.79 Å². The Balaban J connectivity index is 1.93. The number of benzene rings is 2. The van der Waals surface area contributed by atoms with E-state index in [0.717, 1.165) is 16.8 Å². The van der Waals surface area contributed by atoms with Gasteiger partial charge in [0, 0.05) is 16.7 Å². The molecule has 4 heteroatoms. The van der Waals surface area contributed by atoms with E-state index in [1.54, 1.807) is 0 Å². The van der Waals surface area contributed by atoms with Crippen molar-refractivity contribution in [2.75, 3.05) is 0 Å². The average molecular weight is 356 g/mol. The topological polar surface area (TPSA) is 38.7 Å². The van der Waals surface area contributed by atoms with Gasteiger partial charge in [-0.05, 0) is 50.5 Å². The number of carbonyl (C=O) groups excluding carboxylic acids is 1. The number of halogens is 1. The van der Waals surface area contributed by atoms with Gasteiger partial charge in [0.2, 0.25) is 0 Å². The van der Waals surface area contributed by atoms with Crippen molar-refractivity contribution < 1.29 is 9.53 Å². The highest BCUT2D eigenvalue weighted by Gasteiger charge is 2.38. The number of hydrogen-bond acceptors (Lipinski definition) is 3. The predicted molar refractivity (Wildman–Crippen MR) is 101 cm³/mol. The van der Waals surface area contributed by atoms with Gasteiger partial charge in [-0.1, -0.05) is 54.1 Å². The highest BCUT2D eigenvalue weighted by molar-refractivity contribution is 6.30. The molecule has 25 heavy (non-hydrogen) atoms. The molecule has 0 saturated heterocycles. The number of hydrogen-bond donors (Lipinski definition) is 0. The average Bonchev–Trinajstić information content (AvgIpc) is 3.00. The largest absolute Gasteiger partial charge is 0.458 e. The Morgan fingerprint density at radius 3 is 2.32 bits per heavy atom. The van der Waals surface area contributed by atoms with Crippen molar-refractivity contribution in [2.45, 2.75) is 44.8 Å². The molecule has 2 atom stereocenters. The lowest BCUT2D eigenvalue weighted by molar-refractivity contribution is -0.156. The molecule has 1 aliphatic heterocycles. The third-order valence-electron chi connectivity index (χ3n) is 4.14. The second-order valence-electron chi connectivity index (χ2n) is 7.28. The molecule has 3 rings (SSSR count). The van der Waals surface area contributed by atoms with Crippen LogP contribution >= 0.6 is 11.6 Å². The van der Waals surface area contributed by atoms with Crippen LogP contribution in [0.1, 0.15) is 44.2 Å². The van der Waals surface area contributed by atoms with Crippen molar-refractivity contribution in [1.29, 1.82) is 0 Å². The number of ether oxygens (including phenoxy) is 1. The molecular formula is C21H22ClNO2. The SMILES string of the molecule is CC(C)(C)OC(=O)[C@H]1N=C(c2ccc(Cl)cc2)C[C@@H]1c1ccccc1. The van der Waals surface area contributed by atoms with Crippen LogP contribution in [0.2, 0.25) is 5.02 Å². The monoisotopic (exact) mass is 355 g/mol. The highest BCUT2D eigenvalue weighted by atomic mass is 35.5. The van der Waals surface area contributed by atoms with Crippen LogP contribution < -0.4 is 0 Å². The summed E-state index contributed by atoms with van der Waals surface area (Å²) in [6.07, 6.45) is 0.704. The number of aliphatic imine (C=N–C) groups is 1. The lowest BCUT2D eigenvalue weighted by Crippen LogP contribution is -2.32. The first kappa shape index (κ1) is 17.7. The lowest BCUT2D eigenvalue weighted by Gasteiger charge is -2.24. The summed E-state index contributed by atoms with van der Waals surface area (Å²) in [5, 5.41) is 0.686. The molecule has 0 saturated carbocycles. The number of rotatable bonds is 3. The van der Waals surface area contributed by atoms with Crippen LogP contribution in [0.4, 0.5) is 0 Å². The summed E-state index contributed by atoms with van der Waals surface area (Å²) in [6.45, 7) is 5.63. The predicted octanol–water partition coefficient (Wildman–Crippen LogP) is 5.03. The summed E-state index contributed by atoms with van der Waals surface area (Å²) in [5.41, 5.74) is 2.49. The van der Waals surface area contributed by atoms with Gasteiger partial charge in [-0.3, -0.25) is 4.99 Å². The lowest BCUT2D eigenvalue weighted by atomic mass is 9.89. The Labute approximate surface area is 153 Å². The van der Waals surface area contributed by atoms with Gasteiger partial charge in [-0.25, -0.2) is 4.79 Å². The van der Waals surface area contributed by atoms with Crippen LogP contribution in [0.5, 0.6) is 0 Å². The maximum atomic E-state index is 12.7. The van der Waals surface area contributed by atoms with E-state index in [-0.39, 0.29) is 11.9 Å². The zero-order valence-electron chi connectivity index (χ0n) is 14.7. The number of carbonyl (C=O) groups is 1. The number of nitrogens with zero attached hydrogens (tertiary/aromatic N) is 1. The van der Waals surface area contributed by atoms with Crippen molar-refractivity contribution >= 4 is 23.3 Å². The summed E-state index contributed by atoms with van der Waals surface area (Å²) < 4.78 is 5.61. The maximum Gasteiger partial charge on any atom is 0.332 e. The smallest absolute Gasteiger partial charge is 0.332 e. The van der Waals surface area contributed by atoms with Gasteiger partial charge in [-0.15, -0.1) is 0 Å². The molecule has 0 spiro atoms. The van der Waals surface area contributed by atoms with E-state index in [0.29, 0.717) is 11.4 Å². The Hall–Kier alpha value is -2.13. The molecule has 2 aromatic carbocycles. The molecule has 0 aliphatic carbocycles. The van der Waals surface area contributed by atoms with Gasteiger partial charge in [0.15, 0.2) is 6.04 Å². The first-order valence-corrected chi connectivity index (χ1v) is 8.82. The third kappa shape index (κ3) is 4.29. The van der Waals surface area contributed by atoms with Gasteiger partial charge < -0.3 is 4.74 Å². The minimum absolute atomic E-state index is 0.0123. The fraction of sp³-hybridized carbons (Fsp3) is 0.333. The molecule has 2 aromatic rings. The number of esters is 1. The highest BCUT2D eigenvalue weighted by Crippen LogP contribution is 2.35. The minimum Gasteiger partial charge on any atom is -0.458 e. The summed E-state index contributed by atoms with van der Waals surface area (Å²) in [5.74, 6) is -0.285. The van der Waals surface area contributed by atoms with E-state index in [4.69, 9.17) is 21.3 Å². The summed E-state index contributed by atoms with van der Waals surface area (Å²) in [4.78, 5) is 17.5. The molecule has 0 bridgehead atoms. The fourth-order valence-corrected chi connectivity index (χ4v) is 3.17. The zero-order valence-corrected chi connectivity index (χ0v) is 15.5. The summed E-state index contributed by atoms with van der Waals surface area (Å²) in [7, 11) is 0. The third-order valence-corrected chi connectivity index (χ3v) is 4.39. The van der Waals surface area contributed by atoms with Gasteiger partial charge in [0.25, 0.3) is 0 Å². The van der Waals surface area contributed by atoms with Crippen molar-refractivity contribution in [2.24, 2.45) is 4.99 Å². The van der Waals surface area contributed by atoms with Crippen molar-refractivity contribution in [3.63, 3.8) is 0 Å². The Kier molecular flexibility index (Phi) is 4.96. The Morgan fingerprint density at radius 1 is 1.08 bits per heavy atom. The van der Waals surface area contributed by atoms with Gasteiger partial charge in [0.05, 0.1) is 0 Å². The van der Waals surface area contributed by atoms with Crippen LogP contribution in [0, 0.1) is 0 Å². The van der Waals surface area contributed by atoms with Crippen molar-refractivity contribution in [3.05, 3.63) is 70.7 Å². The van der Waals surface area contributed by atoms with E-state index < -0.39 is 11.6 Å².